The van der Waals surface area contributed by atoms with Crippen LogP contribution in [0, 0.1) is 18.8 Å². The van der Waals surface area contributed by atoms with E-state index in [4.69, 9.17) is 0 Å². The smallest absolute Gasteiger partial charge is 0.243 e. The highest BCUT2D eigenvalue weighted by molar-refractivity contribution is 7.89. The van der Waals surface area contributed by atoms with E-state index in [1.54, 1.807) is 10.4 Å². The Balaban J connectivity index is 2.04. The minimum absolute atomic E-state index is 0.430. The summed E-state index contributed by atoms with van der Waals surface area (Å²) in [7, 11) is -3.37. The molecule has 1 saturated heterocycles. The molecule has 0 aliphatic carbocycles. The van der Waals surface area contributed by atoms with Gasteiger partial charge < -0.3 is 5.32 Å². The van der Waals surface area contributed by atoms with Gasteiger partial charge in [0, 0.05) is 25.3 Å². The van der Waals surface area contributed by atoms with Crippen molar-refractivity contribution in [1.82, 2.24) is 4.31 Å². The first-order chi connectivity index (χ1) is 9.91. The van der Waals surface area contributed by atoms with Crippen molar-refractivity contribution in [2.24, 2.45) is 11.8 Å². The van der Waals surface area contributed by atoms with Crippen molar-refractivity contribution >= 4 is 15.7 Å². The Morgan fingerprint density at radius 3 is 2.52 bits per heavy atom. The molecule has 0 radical (unpaired) electrons. The Bertz CT molecular complexity index is 644. The molecule has 2 heterocycles. The lowest BCUT2D eigenvalue weighted by Gasteiger charge is -2.25. The molecule has 21 heavy (non-hydrogen) atoms. The number of nitrogens with one attached hydrogen (secondary N) is 1. The van der Waals surface area contributed by atoms with Gasteiger partial charge in [0.15, 0.2) is 0 Å². The number of benzene rings is 1. The van der Waals surface area contributed by atoms with Gasteiger partial charge >= 0.3 is 0 Å². The summed E-state index contributed by atoms with van der Waals surface area (Å²) < 4.78 is 27.7. The summed E-state index contributed by atoms with van der Waals surface area (Å²) >= 11 is 0. The number of hydrogen-bond donors (Lipinski definition) is 1. The molecule has 0 bridgehead atoms. The zero-order valence-electron chi connectivity index (χ0n) is 13.0. The van der Waals surface area contributed by atoms with Gasteiger partial charge in [-0.2, -0.15) is 4.31 Å². The summed E-state index contributed by atoms with van der Waals surface area (Å²) in [6.45, 7) is 8.50. The summed E-state index contributed by atoms with van der Waals surface area (Å²) in [6, 6.07) is 3.72. The minimum Gasteiger partial charge on any atom is -0.385 e. The maximum absolute atomic E-state index is 13.0. The third-order valence-electron chi connectivity index (χ3n) is 4.96. The molecule has 2 atom stereocenters. The highest BCUT2D eigenvalue weighted by atomic mass is 32.2. The molecule has 0 spiro atoms. The van der Waals surface area contributed by atoms with Crippen molar-refractivity contribution in [1.29, 1.82) is 0 Å². The topological polar surface area (TPSA) is 49.4 Å². The second kappa shape index (κ2) is 5.29. The summed E-state index contributed by atoms with van der Waals surface area (Å²) in [6.07, 6.45) is 1.84. The Kier molecular flexibility index (Phi) is 3.74. The van der Waals surface area contributed by atoms with Gasteiger partial charge in [-0.15, -0.1) is 0 Å². The predicted octanol–water partition coefficient (Wildman–Crippen LogP) is 2.63. The molecule has 1 aromatic carbocycles. The van der Waals surface area contributed by atoms with Gasteiger partial charge in [-0.1, -0.05) is 19.9 Å². The number of aryl methyl sites for hydroxylation is 1. The highest BCUT2D eigenvalue weighted by Gasteiger charge is 2.36. The molecule has 0 amide bonds. The van der Waals surface area contributed by atoms with E-state index in [9.17, 15) is 8.42 Å². The third-order valence-corrected chi connectivity index (χ3v) is 6.87. The van der Waals surface area contributed by atoms with Crippen LogP contribution in [0.25, 0.3) is 0 Å². The zero-order chi connectivity index (χ0) is 15.2. The van der Waals surface area contributed by atoms with Gasteiger partial charge in [-0.25, -0.2) is 8.42 Å². The van der Waals surface area contributed by atoms with Crippen molar-refractivity contribution in [3.8, 4) is 0 Å². The lowest BCUT2D eigenvalue weighted by atomic mass is 10.00. The minimum atomic E-state index is -3.37. The fourth-order valence-electron chi connectivity index (χ4n) is 3.37. The van der Waals surface area contributed by atoms with E-state index in [0.29, 0.717) is 29.8 Å². The van der Waals surface area contributed by atoms with Gasteiger partial charge in [0.05, 0.1) is 4.90 Å². The van der Waals surface area contributed by atoms with Gasteiger partial charge in [0.25, 0.3) is 0 Å². The van der Waals surface area contributed by atoms with E-state index < -0.39 is 10.0 Å². The number of nitrogens with zero attached hydrogens (tertiary/aromatic N) is 1. The average molecular weight is 308 g/mol. The van der Waals surface area contributed by atoms with Gasteiger partial charge in [0.1, 0.15) is 0 Å². The lowest BCUT2D eigenvalue weighted by molar-refractivity contribution is 0.462. The van der Waals surface area contributed by atoms with Gasteiger partial charge in [0.2, 0.25) is 10.0 Å². The highest BCUT2D eigenvalue weighted by Crippen LogP contribution is 2.35. The average Bonchev–Trinajstić information content (AvgIpc) is 2.80. The standard InChI is InChI=1S/C16H24N2O2S/c1-11-6-7-15(14-5-4-8-17-16(11)14)21(19,20)18-9-12(2)13(3)10-18/h6-7,12-13,17H,4-5,8-10H2,1-3H3. The number of hydrogen-bond acceptors (Lipinski definition) is 3. The van der Waals surface area contributed by atoms with Crippen LogP contribution >= 0.6 is 0 Å². The number of rotatable bonds is 2. The molecule has 4 nitrogen and oxygen atoms in total. The van der Waals surface area contributed by atoms with E-state index in [-0.39, 0.29) is 0 Å². The van der Waals surface area contributed by atoms with E-state index in [2.05, 4.69) is 19.2 Å². The molecule has 5 heteroatoms. The molecule has 2 unspecified atom stereocenters. The van der Waals surface area contributed by atoms with Crippen LogP contribution in [-0.2, 0) is 16.4 Å². The van der Waals surface area contributed by atoms with E-state index >= 15 is 0 Å². The van der Waals surface area contributed by atoms with Crippen LogP contribution in [0.1, 0.15) is 31.4 Å². The number of fused-ring (bicyclic) bond motifs is 1. The third kappa shape index (κ3) is 2.46. The quantitative estimate of drug-likeness (QED) is 0.914. The van der Waals surface area contributed by atoms with Crippen LogP contribution < -0.4 is 5.32 Å². The van der Waals surface area contributed by atoms with Gasteiger partial charge in [-0.3, -0.25) is 0 Å². The van der Waals surface area contributed by atoms with Crippen LogP contribution in [0.3, 0.4) is 0 Å². The van der Waals surface area contributed by atoms with Crippen molar-refractivity contribution in [3.05, 3.63) is 23.3 Å². The van der Waals surface area contributed by atoms with Crippen molar-refractivity contribution in [2.75, 3.05) is 25.0 Å². The zero-order valence-corrected chi connectivity index (χ0v) is 13.8. The molecule has 116 valence electrons. The Morgan fingerprint density at radius 1 is 1.19 bits per heavy atom. The summed E-state index contributed by atoms with van der Waals surface area (Å²) in [5, 5.41) is 3.37. The van der Waals surface area contributed by atoms with E-state index in [1.807, 2.05) is 13.0 Å². The number of sulfonamides is 1. The lowest BCUT2D eigenvalue weighted by Crippen LogP contribution is -2.30. The Labute approximate surface area is 127 Å². The summed E-state index contributed by atoms with van der Waals surface area (Å²) in [5.74, 6) is 0.860. The van der Waals surface area contributed by atoms with E-state index in [1.165, 1.54) is 0 Å². The molecule has 0 saturated carbocycles. The fraction of sp³-hybridized carbons (Fsp3) is 0.625. The molecule has 1 fully saturated rings. The maximum Gasteiger partial charge on any atom is 0.243 e. The van der Waals surface area contributed by atoms with Crippen LogP contribution in [0.4, 0.5) is 5.69 Å². The summed E-state index contributed by atoms with van der Waals surface area (Å²) in [4.78, 5) is 0.511. The molecule has 0 aromatic heterocycles. The second-order valence-corrected chi connectivity index (χ2v) is 8.45. The summed E-state index contributed by atoms with van der Waals surface area (Å²) in [5.41, 5.74) is 3.14. The molecule has 2 aliphatic heterocycles. The van der Waals surface area contributed by atoms with Gasteiger partial charge in [-0.05, 0) is 48.8 Å². The molecule has 2 aliphatic rings. The second-order valence-electron chi connectivity index (χ2n) is 6.54. The monoisotopic (exact) mass is 308 g/mol. The maximum atomic E-state index is 13.0. The van der Waals surface area contributed by atoms with Crippen LogP contribution in [0.2, 0.25) is 0 Å². The Morgan fingerprint density at radius 2 is 1.86 bits per heavy atom. The van der Waals surface area contributed by atoms with Crippen molar-refractivity contribution in [2.45, 2.75) is 38.5 Å². The fourth-order valence-corrected chi connectivity index (χ4v) is 5.27. The normalized spacial score (nSPS) is 26.4. The van der Waals surface area contributed by atoms with Crippen LogP contribution in [0.15, 0.2) is 17.0 Å². The first-order valence-corrected chi connectivity index (χ1v) is 9.21. The Hall–Kier alpha value is -1.07. The predicted molar refractivity (Wildman–Crippen MR) is 85.1 cm³/mol. The van der Waals surface area contributed by atoms with E-state index in [0.717, 1.165) is 36.2 Å². The first kappa shape index (κ1) is 14.9. The van der Waals surface area contributed by atoms with Crippen molar-refractivity contribution in [3.63, 3.8) is 0 Å². The molecule has 3 rings (SSSR count). The van der Waals surface area contributed by atoms with Crippen LogP contribution in [-0.4, -0.2) is 32.4 Å². The molecule has 1 aromatic rings. The van der Waals surface area contributed by atoms with Crippen LogP contribution in [0.5, 0.6) is 0 Å². The molecular weight excluding hydrogens is 284 g/mol. The SMILES string of the molecule is Cc1ccc(S(=O)(=O)N2CC(C)C(C)C2)c2c1NCCC2. The first-order valence-electron chi connectivity index (χ1n) is 7.77. The molecule has 1 N–H and O–H groups in total. The van der Waals surface area contributed by atoms with Crippen molar-refractivity contribution < 1.29 is 8.42 Å². The largest absolute Gasteiger partial charge is 0.385 e. The molecular formula is C16H24N2O2S. The number of anilines is 1.